The minimum Gasteiger partial charge on any atom is -0.488 e. The number of carbonyl (C=O) groups excluding carboxylic acids is 1. The zero-order chi connectivity index (χ0) is 20.9. The molecule has 3 nitrogen and oxygen atoms in total. The highest BCUT2D eigenvalue weighted by Crippen LogP contribution is 2.35. The van der Waals surface area contributed by atoms with Crippen molar-refractivity contribution in [2.45, 2.75) is 20.1 Å². The van der Waals surface area contributed by atoms with Crippen LogP contribution in [0.4, 0.5) is 0 Å². The number of thioether (sulfide) groups is 1. The van der Waals surface area contributed by atoms with Gasteiger partial charge in [-0.15, -0.1) is 0 Å². The molecule has 5 heteroatoms. The molecule has 0 spiro atoms. The molecule has 0 unspecified atom stereocenters. The maximum absolute atomic E-state index is 13.0. The third-order valence-corrected chi connectivity index (χ3v) is 6.16. The van der Waals surface area contributed by atoms with E-state index < -0.39 is 0 Å². The number of hydrogen-bond acceptors (Lipinski definition) is 4. The van der Waals surface area contributed by atoms with Gasteiger partial charge in [-0.25, -0.2) is 0 Å². The van der Waals surface area contributed by atoms with Crippen molar-refractivity contribution in [3.8, 4) is 5.75 Å². The smallest absolute Gasteiger partial charge is 0.266 e. The molecule has 1 fully saturated rings. The zero-order valence-electron chi connectivity index (χ0n) is 16.6. The van der Waals surface area contributed by atoms with Gasteiger partial charge in [0.05, 0.1) is 11.4 Å². The largest absolute Gasteiger partial charge is 0.488 e. The van der Waals surface area contributed by atoms with Gasteiger partial charge < -0.3 is 4.74 Å². The van der Waals surface area contributed by atoms with Gasteiger partial charge in [0.1, 0.15) is 16.7 Å². The predicted octanol–water partition coefficient (Wildman–Crippen LogP) is 5.98. The molecule has 0 atom stereocenters. The van der Waals surface area contributed by atoms with E-state index >= 15 is 0 Å². The van der Waals surface area contributed by atoms with E-state index in [-0.39, 0.29) is 5.91 Å². The lowest BCUT2D eigenvalue weighted by Crippen LogP contribution is -2.27. The number of ether oxygens (including phenoxy) is 1. The molecule has 0 N–H and O–H groups in total. The number of nitrogens with zero attached hydrogens (tertiary/aromatic N) is 1. The minimum atomic E-state index is -0.0674. The van der Waals surface area contributed by atoms with Gasteiger partial charge in [-0.05, 0) is 30.2 Å². The van der Waals surface area contributed by atoms with E-state index in [0.29, 0.717) is 22.4 Å². The molecule has 3 aromatic carbocycles. The van der Waals surface area contributed by atoms with Crippen LogP contribution in [0.25, 0.3) is 6.08 Å². The summed E-state index contributed by atoms with van der Waals surface area (Å²) >= 11 is 6.80. The fraction of sp³-hybridized carbons (Fsp3) is 0.120. The molecule has 4 rings (SSSR count). The summed E-state index contributed by atoms with van der Waals surface area (Å²) < 4.78 is 6.62. The van der Waals surface area contributed by atoms with Crippen LogP contribution in [-0.2, 0) is 17.9 Å². The molecular formula is C25H21NO2S2. The summed E-state index contributed by atoms with van der Waals surface area (Å²) in [5.41, 5.74) is 4.24. The number of carbonyl (C=O) groups is 1. The number of hydrogen-bond donors (Lipinski definition) is 0. The molecule has 1 saturated heterocycles. The molecule has 1 amide bonds. The van der Waals surface area contributed by atoms with Crippen molar-refractivity contribution in [2.24, 2.45) is 0 Å². The van der Waals surface area contributed by atoms with Crippen molar-refractivity contribution in [1.29, 1.82) is 0 Å². The SMILES string of the molecule is Cc1ccc(COc2ccccc2/C=C2\SC(=S)N(Cc3ccccc3)C2=O)cc1. The Morgan fingerprint density at radius 2 is 1.63 bits per heavy atom. The Labute approximate surface area is 186 Å². The van der Waals surface area contributed by atoms with Gasteiger partial charge in [-0.1, -0.05) is 102 Å². The Morgan fingerprint density at radius 1 is 0.933 bits per heavy atom. The monoisotopic (exact) mass is 431 g/mol. The highest BCUT2D eigenvalue weighted by molar-refractivity contribution is 8.26. The summed E-state index contributed by atoms with van der Waals surface area (Å²) in [5.74, 6) is 0.675. The Morgan fingerprint density at radius 3 is 2.40 bits per heavy atom. The summed E-state index contributed by atoms with van der Waals surface area (Å²) in [7, 11) is 0. The molecule has 0 bridgehead atoms. The molecule has 0 radical (unpaired) electrons. The van der Waals surface area contributed by atoms with Crippen molar-refractivity contribution in [2.75, 3.05) is 0 Å². The van der Waals surface area contributed by atoms with Crippen molar-refractivity contribution >= 4 is 40.3 Å². The van der Waals surface area contributed by atoms with Crippen LogP contribution in [0, 0.1) is 6.92 Å². The van der Waals surface area contributed by atoms with Crippen LogP contribution in [-0.4, -0.2) is 15.1 Å². The van der Waals surface area contributed by atoms with E-state index in [2.05, 4.69) is 31.2 Å². The lowest BCUT2D eigenvalue weighted by Gasteiger charge is -2.14. The fourth-order valence-corrected chi connectivity index (χ4v) is 4.37. The third kappa shape index (κ3) is 4.81. The Kier molecular flexibility index (Phi) is 6.31. The summed E-state index contributed by atoms with van der Waals surface area (Å²) in [6.07, 6.45) is 1.87. The van der Waals surface area contributed by atoms with Gasteiger partial charge in [-0.2, -0.15) is 0 Å². The number of amides is 1. The molecule has 1 aliphatic rings. The van der Waals surface area contributed by atoms with Crippen LogP contribution in [0.5, 0.6) is 5.75 Å². The molecule has 1 heterocycles. The Balaban J connectivity index is 1.51. The Hall–Kier alpha value is -2.89. The van der Waals surface area contributed by atoms with Gasteiger partial charge in [0.25, 0.3) is 5.91 Å². The molecule has 0 aliphatic carbocycles. The van der Waals surface area contributed by atoms with Crippen LogP contribution in [0.1, 0.15) is 22.3 Å². The van der Waals surface area contributed by atoms with Gasteiger partial charge in [0, 0.05) is 5.56 Å². The number of rotatable bonds is 6. The first-order chi connectivity index (χ1) is 14.6. The first-order valence-electron chi connectivity index (χ1n) is 9.67. The van der Waals surface area contributed by atoms with Gasteiger partial charge >= 0.3 is 0 Å². The second-order valence-corrected chi connectivity index (χ2v) is 8.74. The number of benzene rings is 3. The van der Waals surface area contributed by atoms with E-state index in [1.807, 2.05) is 60.7 Å². The molecule has 0 aromatic heterocycles. The standard InChI is InChI=1S/C25H21NO2S2/c1-18-11-13-20(14-12-18)17-28-22-10-6-5-9-21(22)15-23-24(27)26(25(29)30-23)16-19-7-3-2-4-8-19/h2-15H,16-17H2,1H3/b23-15-. The van der Waals surface area contributed by atoms with E-state index in [1.165, 1.54) is 17.3 Å². The van der Waals surface area contributed by atoms with E-state index in [1.54, 1.807) is 4.90 Å². The predicted molar refractivity (Wildman–Crippen MR) is 127 cm³/mol. The normalized spacial score (nSPS) is 15.1. The van der Waals surface area contributed by atoms with Crippen molar-refractivity contribution < 1.29 is 9.53 Å². The van der Waals surface area contributed by atoms with Crippen molar-refractivity contribution in [3.63, 3.8) is 0 Å². The number of thiocarbonyl (C=S) groups is 1. The summed E-state index contributed by atoms with van der Waals surface area (Å²) in [6, 6.07) is 25.9. The van der Waals surface area contributed by atoms with Gasteiger partial charge in [-0.3, -0.25) is 9.69 Å². The highest BCUT2D eigenvalue weighted by atomic mass is 32.2. The molecule has 3 aromatic rings. The number of para-hydroxylation sites is 1. The fourth-order valence-electron chi connectivity index (χ4n) is 3.12. The van der Waals surface area contributed by atoms with Crippen LogP contribution in [0.3, 0.4) is 0 Å². The van der Waals surface area contributed by atoms with Crippen molar-refractivity contribution in [1.82, 2.24) is 4.90 Å². The van der Waals surface area contributed by atoms with Crippen LogP contribution in [0.2, 0.25) is 0 Å². The maximum Gasteiger partial charge on any atom is 0.266 e. The molecule has 0 saturated carbocycles. The minimum absolute atomic E-state index is 0.0674. The van der Waals surface area contributed by atoms with Crippen molar-refractivity contribution in [3.05, 3.63) is 106 Å². The Bertz CT molecular complexity index is 1090. The highest BCUT2D eigenvalue weighted by Gasteiger charge is 2.32. The average molecular weight is 432 g/mol. The number of aryl methyl sites for hydroxylation is 1. The second-order valence-electron chi connectivity index (χ2n) is 7.07. The topological polar surface area (TPSA) is 29.5 Å². The van der Waals surface area contributed by atoms with Crippen LogP contribution in [0.15, 0.2) is 83.8 Å². The van der Waals surface area contributed by atoms with E-state index in [9.17, 15) is 4.79 Å². The zero-order valence-corrected chi connectivity index (χ0v) is 18.2. The molecular weight excluding hydrogens is 410 g/mol. The average Bonchev–Trinajstić information content (AvgIpc) is 3.02. The molecule has 150 valence electrons. The van der Waals surface area contributed by atoms with Gasteiger partial charge in [0.2, 0.25) is 0 Å². The van der Waals surface area contributed by atoms with Gasteiger partial charge in [0.15, 0.2) is 0 Å². The van der Waals surface area contributed by atoms with Crippen LogP contribution >= 0.6 is 24.0 Å². The quantitative estimate of drug-likeness (QED) is 0.355. The lowest BCUT2D eigenvalue weighted by atomic mass is 10.1. The lowest BCUT2D eigenvalue weighted by molar-refractivity contribution is -0.122. The second kappa shape index (κ2) is 9.28. The summed E-state index contributed by atoms with van der Waals surface area (Å²) in [6.45, 7) is 3.02. The summed E-state index contributed by atoms with van der Waals surface area (Å²) in [4.78, 5) is 15.2. The van der Waals surface area contributed by atoms with Crippen LogP contribution < -0.4 is 4.74 Å². The van der Waals surface area contributed by atoms with E-state index in [4.69, 9.17) is 17.0 Å². The first kappa shape index (κ1) is 20.4. The molecule has 1 aliphatic heterocycles. The summed E-state index contributed by atoms with van der Waals surface area (Å²) in [5, 5.41) is 0. The first-order valence-corrected chi connectivity index (χ1v) is 10.9. The molecule has 30 heavy (non-hydrogen) atoms. The third-order valence-electron chi connectivity index (χ3n) is 4.78. The van der Waals surface area contributed by atoms with E-state index in [0.717, 1.165) is 22.4 Å². The maximum atomic E-state index is 13.0.